The first-order chi connectivity index (χ1) is 11.9. The number of amides is 1. The molecule has 25 heavy (non-hydrogen) atoms. The predicted octanol–water partition coefficient (Wildman–Crippen LogP) is 1.27. The molecule has 0 radical (unpaired) electrons. The minimum absolute atomic E-state index is 0.0524. The van der Waals surface area contributed by atoms with Crippen molar-refractivity contribution in [3.8, 4) is 5.75 Å². The summed E-state index contributed by atoms with van der Waals surface area (Å²) in [5.41, 5.74) is 0.637. The Kier molecular flexibility index (Phi) is 5.33. The van der Waals surface area contributed by atoms with Crippen LogP contribution in [-0.4, -0.2) is 57.2 Å². The normalized spacial score (nSPS) is 24.2. The molecule has 2 atom stereocenters. The Hall–Kier alpha value is -2.00. The molecule has 1 aromatic carbocycles. The fourth-order valence-corrected chi connectivity index (χ4v) is 3.03. The van der Waals surface area contributed by atoms with Crippen LogP contribution in [0.3, 0.4) is 0 Å². The maximum atomic E-state index is 12.3. The third kappa shape index (κ3) is 4.99. The molecule has 6 nitrogen and oxygen atoms in total. The summed E-state index contributed by atoms with van der Waals surface area (Å²) in [5, 5.41) is 6.06. The van der Waals surface area contributed by atoms with E-state index in [0.717, 1.165) is 6.42 Å². The van der Waals surface area contributed by atoms with Crippen LogP contribution in [-0.2, 0) is 9.53 Å². The van der Waals surface area contributed by atoms with E-state index in [0.29, 0.717) is 38.5 Å². The summed E-state index contributed by atoms with van der Waals surface area (Å²) in [6.45, 7) is 2.76. The zero-order valence-electron chi connectivity index (χ0n) is 13.5. The van der Waals surface area contributed by atoms with Crippen molar-refractivity contribution >= 4 is 11.6 Å². The number of benzene rings is 1. The number of hydrogen-bond acceptors (Lipinski definition) is 5. The van der Waals surface area contributed by atoms with Gasteiger partial charge < -0.3 is 25.0 Å². The molecule has 1 amide bonds. The number of morpholine rings is 1. The number of ether oxygens (including phenoxy) is 2. The minimum Gasteiger partial charge on any atom is -0.406 e. The molecule has 2 aliphatic rings. The standard InChI is InChI=1S/C16H20F3N3O3/c17-16(18,19)25-13-3-1-2-12(8-13)22-6-4-11(9-22)21-15(23)14-10-24-7-5-20-14/h1-3,8,11,14,20H,4-7,9-10H2,(H,21,23). The molecule has 1 aromatic rings. The van der Waals surface area contributed by atoms with Gasteiger partial charge in [0.05, 0.1) is 13.2 Å². The molecule has 2 aliphatic heterocycles. The summed E-state index contributed by atoms with van der Waals surface area (Å²) in [7, 11) is 0. The lowest BCUT2D eigenvalue weighted by molar-refractivity contribution is -0.274. The minimum atomic E-state index is -4.71. The maximum absolute atomic E-state index is 12.3. The molecule has 0 aliphatic carbocycles. The Balaban J connectivity index is 1.55. The van der Waals surface area contributed by atoms with Gasteiger partial charge in [-0.05, 0) is 18.6 Å². The van der Waals surface area contributed by atoms with Crippen LogP contribution in [0.1, 0.15) is 6.42 Å². The van der Waals surface area contributed by atoms with Crippen molar-refractivity contribution in [2.24, 2.45) is 0 Å². The second kappa shape index (κ2) is 7.49. The zero-order chi connectivity index (χ0) is 17.9. The van der Waals surface area contributed by atoms with Gasteiger partial charge >= 0.3 is 6.36 Å². The van der Waals surface area contributed by atoms with Crippen molar-refractivity contribution in [3.63, 3.8) is 0 Å². The molecule has 0 spiro atoms. The lowest BCUT2D eigenvalue weighted by Gasteiger charge is -2.25. The molecule has 2 heterocycles. The van der Waals surface area contributed by atoms with Gasteiger partial charge in [0.25, 0.3) is 0 Å². The van der Waals surface area contributed by atoms with Gasteiger partial charge in [0, 0.05) is 37.4 Å². The predicted molar refractivity (Wildman–Crippen MR) is 84.5 cm³/mol. The maximum Gasteiger partial charge on any atom is 0.573 e. The largest absolute Gasteiger partial charge is 0.573 e. The second-order valence-electron chi connectivity index (χ2n) is 6.07. The van der Waals surface area contributed by atoms with Crippen LogP contribution >= 0.6 is 0 Å². The van der Waals surface area contributed by atoms with Gasteiger partial charge in [0.2, 0.25) is 5.91 Å². The number of anilines is 1. The quantitative estimate of drug-likeness (QED) is 0.848. The van der Waals surface area contributed by atoms with Crippen LogP contribution < -0.4 is 20.3 Å². The van der Waals surface area contributed by atoms with E-state index in [1.165, 1.54) is 18.2 Å². The summed E-state index contributed by atoms with van der Waals surface area (Å²) in [6, 6.07) is 5.46. The van der Waals surface area contributed by atoms with Gasteiger partial charge in [-0.25, -0.2) is 0 Å². The van der Waals surface area contributed by atoms with E-state index in [9.17, 15) is 18.0 Å². The van der Waals surface area contributed by atoms with Crippen LogP contribution in [0.5, 0.6) is 5.75 Å². The second-order valence-corrected chi connectivity index (χ2v) is 6.07. The Labute approximate surface area is 143 Å². The smallest absolute Gasteiger partial charge is 0.406 e. The van der Waals surface area contributed by atoms with Crippen molar-refractivity contribution in [2.75, 3.05) is 37.7 Å². The highest BCUT2D eigenvalue weighted by Crippen LogP contribution is 2.28. The number of alkyl halides is 3. The van der Waals surface area contributed by atoms with Crippen LogP contribution in [0.4, 0.5) is 18.9 Å². The first kappa shape index (κ1) is 17.8. The summed E-state index contributed by atoms with van der Waals surface area (Å²) >= 11 is 0. The molecular weight excluding hydrogens is 339 g/mol. The van der Waals surface area contributed by atoms with Gasteiger partial charge in [-0.3, -0.25) is 4.79 Å². The molecule has 2 fully saturated rings. The number of nitrogens with zero attached hydrogens (tertiary/aromatic N) is 1. The van der Waals surface area contributed by atoms with Crippen LogP contribution in [0.25, 0.3) is 0 Å². The lowest BCUT2D eigenvalue weighted by Crippen LogP contribution is -2.53. The molecule has 2 unspecified atom stereocenters. The summed E-state index contributed by atoms with van der Waals surface area (Å²) in [6.07, 6.45) is -3.99. The van der Waals surface area contributed by atoms with Crippen molar-refractivity contribution in [1.82, 2.24) is 10.6 Å². The number of halogens is 3. The van der Waals surface area contributed by atoms with Crippen LogP contribution in [0.15, 0.2) is 24.3 Å². The van der Waals surface area contributed by atoms with Crippen molar-refractivity contribution in [2.45, 2.75) is 24.9 Å². The number of hydrogen-bond donors (Lipinski definition) is 2. The molecule has 0 saturated carbocycles. The highest BCUT2D eigenvalue weighted by Gasteiger charge is 2.32. The Morgan fingerprint density at radius 3 is 2.96 bits per heavy atom. The van der Waals surface area contributed by atoms with Crippen LogP contribution in [0.2, 0.25) is 0 Å². The lowest BCUT2D eigenvalue weighted by atomic mass is 10.2. The third-order valence-electron chi connectivity index (χ3n) is 4.19. The molecule has 0 aromatic heterocycles. The average Bonchev–Trinajstić information content (AvgIpc) is 3.03. The summed E-state index contributed by atoms with van der Waals surface area (Å²) < 4.78 is 46.2. The molecule has 9 heteroatoms. The number of rotatable bonds is 4. The number of nitrogens with one attached hydrogen (secondary N) is 2. The van der Waals surface area contributed by atoms with E-state index in [2.05, 4.69) is 15.4 Å². The average molecular weight is 359 g/mol. The van der Waals surface area contributed by atoms with Gasteiger partial charge in [0.15, 0.2) is 0 Å². The fraction of sp³-hybridized carbons (Fsp3) is 0.562. The topological polar surface area (TPSA) is 62.8 Å². The zero-order valence-corrected chi connectivity index (χ0v) is 13.5. The third-order valence-corrected chi connectivity index (χ3v) is 4.19. The van der Waals surface area contributed by atoms with Gasteiger partial charge in [-0.15, -0.1) is 13.2 Å². The summed E-state index contributed by atoms with van der Waals surface area (Å²) in [5.74, 6) is -0.359. The SMILES string of the molecule is O=C(NC1CCN(c2cccc(OC(F)(F)F)c2)C1)C1COCCN1. The molecule has 138 valence electrons. The van der Waals surface area contributed by atoms with Crippen LogP contribution in [0, 0.1) is 0 Å². The Morgan fingerprint density at radius 2 is 2.24 bits per heavy atom. The number of carbonyl (C=O) groups excluding carboxylic acids is 1. The van der Waals surface area contributed by atoms with Gasteiger partial charge in [-0.1, -0.05) is 6.07 Å². The van der Waals surface area contributed by atoms with E-state index >= 15 is 0 Å². The monoisotopic (exact) mass is 359 g/mol. The highest BCUT2D eigenvalue weighted by atomic mass is 19.4. The van der Waals surface area contributed by atoms with E-state index in [1.54, 1.807) is 6.07 Å². The Morgan fingerprint density at radius 1 is 1.40 bits per heavy atom. The molecule has 2 N–H and O–H groups in total. The first-order valence-corrected chi connectivity index (χ1v) is 8.13. The van der Waals surface area contributed by atoms with E-state index in [1.807, 2.05) is 4.90 Å². The number of carbonyl (C=O) groups is 1. The van der Waals surface area contributed by atoms with Gasteiger partial charge in [-0.2, -0.15) is 0 Å². The van der Waals surface area contributed by atoms with Crippen molar-refractivity contribution in [3.05, 3.63) is 24.3 Å². The van der Waals surface area contributed by atoms with E-state index in [4.69, 9.17) is 4.74 Å². The van der Waals surface area contributed by atoms with E-state index in [-0.39, 0.29) is 23.7 Å². The van der Waals surface area contributed by atoms with Crippen molar-refractivity contribution in [1.29, 1.82) is 0 Å². The van der Waals surface area contributed by atoms with Gasteiger partial charge in [0.1, 0.15) is 11.8 Å². The molecule has 0 bridgehead atoms. The molecule has 3 rings (SSSR count). The van der Waals surface area contributed by atoms with Crippen molar-refractivity contribution < 1.29 is 27.4 Å². The molecular formula is C16H20F3N3O3. The fourth-order valence-electron chi connectivity index (χ4n) is 3.03. The summed E-state index contributed by atoms with van der Waals surface area (Å²) in [4.78, 5) is 14.1. The highest BCUT2D eigenvalue weighted by molar-refractivity contribution is 5.82. The first-order valence-electron chi connectivity index (χ1n) is 8.13. The van der Waals surface area contributed by atoms with E-state index < -0.39 is 6.36 Å². The Bertz CT molecular complexity index is 606. The molecule has 2 saturated heterocycles.